The smallest absolute Gasteiger partial charge is 0.165 e. The third-order valence-electron chi connectivity index (χ3n) is 6.05. The lowest BCUT2D eigenvalue weighted by atomic mass is 10.0. The predicted octanol–water partition coefficient (Wildman–Crippen LogP) is 5.19. The second-order valence-corrected chi connectivity index (χ2v) is 8.26. The Bertz CT molecular complexity index is 1180. The van der Waals surface area contributed by atoms with Gasteiger partial charge in [0.25, 0.3) is 0 Å². The molecule has 1 atom stereocenters. The Labute approximate surface area is 183 Å². The number of hydrogen-bond acceptors (Lipinski definition) is 4. The molecule has 5 rings (SSSR count). The van der Waals surface area contributed by atoms with Gasteiger partial charge in [0.1, 0.15) is 5.82 Å². The number of nitrogens with zero attached hydrogens (tertiary/aromatic N) is 3. The average Bonchev–Trinajstić information content (AvgIpc) is 3.42. The number of ether oxygens (including phenoxy) is 1. The van der Waals surface area contributed by atoms with Crippen LogP contribution in [0.1, 0.15) is 35.4 Å². The molecule has 0 radical (unpaired) electrons. The summed E-state index contributed by atoms with van der Waals surface area (Å²) < 4.78 is 7.86. The van der Waals surface area contributed by atoms with Gasteiger partial charge in [0.15, 0.2) is 5.65 Å². The molecule has 0 aliphatic carbocycles. The molecule has 4 aromatic rings. The molecule has 158 valence electrons. The number of aromatic nitrogens is 3. The Hall–Kier alpha value is -3.18. The highest BCUT2D eigenvalue weighted by Gasteiger charge is 2.22. The van der Waals surface area contributed by atoms with Crippen LogP contribution in [0.5, 0.6) is 0 Å². The normalized spacial score (nSPS) is 16.1. The van der Waals surface area contributed by atoms with Gasteiger partial charge in [0.2, 0.25) is 0 Å². The van der Waals surface area contributed by atoms with Gasteiger partial charge in [0, 0.05) is 36.4 Å². The number of anilines is 1. The quantitative estimate of drug-likeness (QED) is 0.473. The van der Waals surface area contributed by atoms with E-state index in [2.05, 4.69) is 73.8 Å². The molecule has 0 bridgehead atoms. The third-order valence-corrected chi connectivity index (χ3v) is 6.05. The first-order valence-electron chi connectivity index (χ1n) is 11.0. The van der Waals surface area contributed by atoms with E-state index in [1.54, 1.807) is 0 Å². The van der Waals surface area contributed by atoms with Gasteiger partial charge in [-0.15, -0.1) is 0 Å². The van der Waals surface area contributed by atoms with Crippen LogP contribution in [0, 0.1) is 13.8 Å². The summed E-state index contributed by atoms with van der Waals surface area (Å²) in [6.45, 7) is 5.80. The second-order valence-electron chi connectivity index (χ2n) is 8.26. The number of rotatable bonds is 6. The van der Waals surface area contributed by atoms with Crippen molar-refractivity contribution >= 4 is 11.5 Å². The van der Waals surface area contributed by atoms with Gasteiger partial charge in [-0.25, -0.2) is 4.98 Å². The van der Waals surface area contributed by atoms with E-state index in [9.17, 15) is 0 Å². The van der Waals surface area contributed by atoms with Crippen molar-refractivity contribution in [2.24, 2.45) is 0 Å². The van der Waals surface area contributed by atoms with Crippen LogP contribution in [0.15, 0.2) is 60.7 Å². The van der Waals surface area contributed by atoms with Gasteiger partial charge in [-0.2, -0.15) is 9.61 Å². The van der Waals surface area contributed by atoms with E-state index in [1.807, 2.05) is 10.6 Å². The first-order valence-corrected chi connectivity index (χ1v) is 11.0. The maximum absolute atomic E-state index is 5.87. The fraction of sp³-hybridized carbons (Fsp3) is 0.308. The van der Waals surface area contributed by atoms with Crippen LogP contribution in [0.4, 0.5) is 5.82 Å². The molecule has 0 spiro atoms. The molecule has 5 heteroatoms. The predicted molar refractivity (Wildman–Crippen MR) is 125 cm³/mol. The zero-order valence-corrected chi connectivity index (χ0v) is 18.1. The van der Waals surface area contributed by atoms with Crippen LogP contribution < -0.4 is 5.32 Å². The minimum atomic E-state index is 0.248. The van der Waals surface area contributed by atoms with Crippen molar-refractivity contribution in [2.45, 2.75) is 39.2 Å². The fourth-order valence-electron chi connectivity index (χ4n) is 4.45. The van der Waals surface area contributed by atoms with Crippen LogP contribution in [0.25, 0.3) is 16.8 Å². The van der Waals surface area contributed by atoms with E-state index in [1.165, 1.54) is 11.1 Å². The van der Waals surface area contributed by atoms with Gasteiger partial charge in [-0.05, 0) is 37.8 Å². The standard InChI is InChI=1S/C26H28N4O/c1-18-23(16-20-10-5-3-6-11-20)25(27-17-22-14-9-15-31-22)30-26(28-18)24(19(2)29-30)21-12-7-4-8-13-21/h3-8,10-13,22,27H,9,14-17H2,1-2H3. The monoisotopic (exact) mass is 412 g/mol. The highest BCUT2D eigenvalue weighted by molar-refractivity contribution is 5.81. The van der Waals surface area contributed by atoms with Gasteiger partial charge in [-0.3, -0.25) is 0 Å². The highest BCUT2D eigenvalue weighted by Crippen LogP contribution is 2.32. The molecule has 1 aliphatic heterocycles. The fourth-order valence-corrected chi connectivity index (χ4v) is 4.45. The van der Waals surface area contributed by atoms with Crippen LogP contribution in [0.3, 0.4) is 0 Å². The number of aryl methyl sites for hydroxylation is 2. The number of hydrogen-bond donors (Lipinski definition) is 1. The van der Waals surface area contributed by atoms with Crippen molar-refractivity contribution in [1.29, 1.82) is 0 Å². The topological polar surface area (TPSA) is 51.5 Å². The SMILES string of the molecule is Cc1nc2c(-c3ccccc3)c(C)nn2c(NCC2CCCO2)c1Cc1ccccc1. The molecular formula is C26H28N4O. The van der Waals surface area contributed by atoms with Crippen LogP contribution >= 0.6 is 0 Å². The van der Waals surface area contributed by atoms with E-state index < -0.39 is 0 Å². The largest absolute Gasteiger partial charge is 0.376 e. The maximum Gasteiger partial charge on any atom is 0.165 e. The lowest BCUT2D eigenvalue weighted by molar-refractivity contribution is 0.120. The zero-order chi connectivity index (χ0) is 21.2. The lowest BCUT2D eigenvalue weighted by Crippen LogP contribution is -2.21. The van der Waals surface area contributed by atoms with Gasteiger partial charge >= 0.3 is 0 Å². The molecule has 3 heterocycles. The summed E-state index contributed by atoms with van der Waals surface area (Å²) in [7, 11) is 0. The molecule has 1 fully saturated rings. The van der Waals surface area contributed by atoms with E-state index >= 15 is 0 Å². The van der Waals surface area contributed by atoms with Crippen LogP contribution in [-0.4, -0.2) is 33.9 Å². The van der Waals surface area contributed by atoms with Crippen molar-refractivity contribution in [2.75, 3.05) is 18.5 Å². The molecular weight excluding hydrogens is 384 g/mol. The summed E-state index contributed by atoms with van der Waals surface area (Å²) in [4.78, 5) is 5.04. The second kappa shape index (κ2) is 8.52. The first-order chi connectivity index (χ1) is 15.2. The third kappa shape index (κ3) is 3.93. The molecule has 1 N–H and O–H groups in total. The van der Waals surface area contributed by atoms with Gasteiger partial charge in [-0.1, -0.05) is 60.7 Å². The maximum atomic E-state index is 5.87. The molecule has 5 nitrogen and oxygen atoms in total. The summed E-state index contributed by atoms with van der Waals surface area (Å²) in [5.41, 5.74) is 7.59. The molecule has 2 aromatic carbocycles. The Morgan fingerprint density at radius 1 is 1.00 bits per heavy atom. The van der Waals surface area contributed by atoms with Gasteiger partial charge in [0.05, 0.1) is 11.8 Å². The summed E-state index contributed by atoms with van der Waals surface area (Å²) in [5.74, 6) is 1.02. The van der Waals surface area contributed by atoms with Crippen molar-refractivity contribution in [3.63, 3.8) is 0 Å². The van der Waals surface area contributed by atoms with Crippen molar-refractivity contribution < 1.29 is 4.74 Å². The zero-order valence-electron chi connectivity index (χ0n) is 18.1. The van der Waals surface area contributed by atoms with E-state index in [0.717, 1.165) is 66.4 Å². The van der Waals surface area contributed by atoms with E-state index in [-0.39, 0.29) is 6.10 Å². The summed E-state index contributed by atoms with van der Waals surface area (Å²) in [5, 5.41) is 8.62. The minimum Gasteiger partial charge on any atom is -0.376 e. The van der Waals surface area contributed by atoms with Crippen LogP contribution in [-0.2, 0) is 11.2 Å². The number of benzene rings is 2. The summed E-state index contributed by atoms with van der Waals surface area (Å²) in [6.07, 6.45) is 3.29. The molecule has 0 amide bonds. The number of nitrogens with one attached hydrogen (secondary N) is 1. The first kappa shape index (κ1) is 19.8. The van der Waals surface area contributed by atoms with Crippen LogP contribution in [0.2, 0.25) is 0 Å². The molecule has 31 heavy (non-hydrogen) atoms. The Balaban J connectivity index is 1.64. The van der Waals surface area contributed by atoms with Crippen molar-refractivity contribution in [1.82, 2.24) is 14.6 Å². The highest BCUT2D eigenvalue weighted by atomic mass is 16.5. The Morgan fingerprint density at radius 3 is 2.45 bits per heavy atom. The average molecular weight is 413 g/mol. The molecule has 1 aliphatic rings. The summed E-state index contributed by atoms with van der Waals surface area (Å²) in [6, 6.07) is 21.0. The molecule has 0 saturated carbocycles. The summed E-state index contributed by atoms with van der Waals surface area (Å²) >= 11 is 0. The minimum absolute atomic E-state index is 0.248. The van der Waals surface area contributed by atoms with E-state index in [4.69, 9.17) is 14.8 Å². The Morgan fingerprint density at radius 2 is 1.74 bits per heavy atom. The lowest BCUT2D eigenvalue weighted by Gasteiger charge is -2.18. The Kier molecular flexibility index (Phi) is 5.43. The van der Waals surface area contributed by atoms with Crippen molar-refractivity contribution in [3.05, 3.63) is 83.2 Å². The van der Waals surface area contributed by atoms with Crippen molar-refractivity contribution in [3.8, 4) is 11.1 Å². The van der Waals surface area contributed by atoms with Gasteiger partial charge < -0.3 is 10.1 Å². The molecule has 2 aromatic heterocycles. The molecule has 1 saturated heterocycles. The number of fused-ring (bicyclic) bond motifs is 1. The van der Waals surface area contributed by atoms with E-state index in [0.29, 0.717) is 0 Å². The molecule has 1 unspecified atom stereocenters.